The molecular weight excluding hydrogens is 274 g/mol. The van der Waals surface area contributed by atoms with Crippen LogP contribution in [0.4, 0.5) is 16.0 Å². The summed E-state index contributed by atoms with van der Waals surface area (Å²) in [5, 5.41) is 5.91. The predicted molar refractivity (Wildman–Crippen MR) is 80.1 cm³/mol. The standard InChI is InChI=1S/C13H11N5OS/c14-11(19)10-12(15)20-13(18-10)17-9-5-7-3-1-2-4-8(7)6-16-9/h1-6H,15H2,(H2,14,19)(H,16,17,18). The van der Waals surface area contributed by atoms with Crippen molar-refractivity contribution in [3.63, 3.8) is 0 Å². The molecular formula is C13H11N5OS. The van der Waals surface area contributed by atoms with Gasteiger partial charge in [0.15, 0.2) is 10.8 Å². The number of carbonyl (C=O) groups excluding carboxylic acids is 1. The lowest BCUT2D eigenvalue weighted by Gasteiger charge is -2.03. The van der Waals surface area contributed by atoms with E-state index in [-0.39, 0.29) is 5.69 Å². The number of anilines is 3. The summed E-state index contributed by atoms with van der Waals surface area (Å²) in [6, 6.07) is 9.79. The Morgan fingerprint density at radius 1 is 1.25 bits per heavy atom. The fourth-order valence-corrected chi connectivity index (χ4v) is 2.57. The minimum absolute atomic E-state index is 0.0817. The molecule has 20 heavy (non-hydrogen) atoms. The summed E-state index contributed by atoms with van der Waals surface area (Å²) in [6.07, 6.45) is 1.77. The summed E-state index contributed by atoms with van der Waals surface area (Å²) in [5.74, 6) is -0.00765. The number of amides is 1. The number of pyridine rings is 1. The fourth-order valence-electron chi connectivity index (χ4n) is 1.82. The number of fused-ring (bicyclic) bond motifs is 1. The van der Waals surface area contributed by atoms with E-state index in [4.69, 9.17) is 11.5 Å². The zero-order valence-electron chi connectivity index (χ0n) is 10.3. The summed E-state index contributed by atoms with van der Waals surface area (Å²) >= 11 is 1.16. The third-order valence-electron chi connectivity index (χ3n) is 2.75. The molecule has 0 fully saturated rings. The predicted octanol–water partition coefficient (Wildman–Crippen LogP) is 2.12. The number of hydrogen-bond donors (Lipinski definition) is 3. The van der Waals surface area contributed by atoms with Gasteiger partial charge in [-0.3, -0.25) is 4.79 Å². The second-order valence-corrected chi connectivity index (χ2v) is 5.17. The van der Waals surface area contributed by atoms with Gasteiger partial charge in [0.05, 0.1) is 0 Å². The lowest BCUT2D eigenvalue weighted by molar-refractivity contribution is 0.0997. The van der Waals surface area contributed by atoms with Gasteiger partial charge in [-0.15, -0.1) is 0 Å². The first-order valence-electron chi connectivity index (χ1n) is 5.81. The van der Waals surface area contributed by atoms with Crippen molar-refractivity contribution in [3.8, 4) is 0 Å². The van der Waals surface area contributed by atoms with E-state index in [0.717, 1.165) is 22.1 Å². The van der Waals surface area contributed by atoms with Crippen LogP contribution >= 0.6 is 11.3 Å². The van der Waals surface area contributed by atoms with E-state index in [1.165, 1.54) is 0 Å². The van der Waals surface area contributed by atoms with E-state index in [2.05, 4.69) is 15.3 Å². The maximum absolute atomic E-state index is 11.1. The Labute approximate surface area is 118 Å². The number of carbonyl (C=O) groups is 1. The monoisotopic (exact) mass is 285 g/mol. The molecule has 1 amide bonds. The molecule has 0 spiro atoms. The Morgan fingerprint density at radius 2 is 2.00 bits per heavy atom. The molecule has 3 aromatic rings. The molecule has 1 aromatic carbocycles. The molecule has 2 heterocycles. The van der Waals surface area contributed by atoms with Gasteiger partial charge in [-0.25, -0.2) is 9.97 Å². The first-order valence-corrected chi connectivity index (χ1v) is 6.63. The van der Waals surface area contributed by atoms with Crippen LogP contribution in [0.5, 0.6) is 0 Å². The van der Waals surface area contributed by atoms with Crippen LogP contribution in [0.3, 0.4) is 0 Å². The molecule has 0 aliphatic rings. The SMILES string of the molecule is NC(=O)c1nc(Nc2cc3ccccc3cn2)sc1N. The number of nitrogens with zero attached hydrogens (tertiary/aromatic N) is 2. The van der Waals surface area contributed by atoms with Gasteiger partial charge >= 0.3 is 0 Å². The van der Waals surface area contributed by atoms with Gasteiger partial charge in [-0.1, -0.05) is 35.6 Å². The third-order valence-corrected chi connectivity index (χ3v) is 3.55. The van der Waals surface area contributed by atoms with Gasteiger partial charge in [-0.05, 0) is 11.5 Å². The van der Waals surface area contributed by atoms with Gasteiger partial charge in [0.25, 0.3) is 5.91 Å². The minimum atomic E-state index is -0.640. The maximum atomic E-state index is 11.1. The lowest BCUT2D eigenvalue weighted by Crippen LogP contribution is -2.13. The molecule has 0 aliphatic heterocycles. The molecule has 0 aliphatic carbocycles. The van der Waals surface area contributed by atoms with Crippen molar-refractivity contribution in [1.82, 2.24) is 9.97 Å². The second-order valence-electron chi connectivity index (χ2n) is 4.14. The molecule has 3 rings (SSSR count). The van der Waals surface area contributed by atoms with Crippen LogP contribution in [0.15, 0.2) is 36.5 Å². The molecule has 0 saturated heterocycles. The largest absolute Gasteiger partial charge is 0.389 e. The summed E-state index contributed by atoms with van der Waals surface area (Å²) < 4.78 is 0. The number of nitrogens with two attached hydrogens (primary N) is 2. The molecule has 0 atom stereocenters. The van der Waals surface area contributed by atoms with Crippen LogP contribution < -0.4 is 16.8 Å². The number of thiazole rings is 1. The van der Waals surface area contributed by atoms with E-state index in [9.17, 15) is 4.79 Å². The van der Waals surface area contributed by atoms with Gasteiger partial charge in [0, 0.05) is 11.6 Å². The third kappa shape index (κ3) is 2.26. The zero-order chi connectivity index (χ0) is 14.1. The molecule has 2 aromatic heterocycles. The van der Waals surface area contributed by atoms with Crippen LogP contribution in [-0.4, -0.2) is 15.9 Å². The van der Waals surface area contributed by atoms with Crippen LogP contribution in [0, 0.1) is 0 Å². The van der Waals surface area contributed by atoms with Crippen molar-refractivity contribution in [2.45, 2.75) is 0 Å². The highest BCUT2D eigenvalue weighted by molar-refractivity contribution is 7.19. The van der Waals surface area contributed by atoms with Gasteiger partial charge in [0.2, 0.25) is 0 Å². The first-order chi connectivity index (χ1) is 9.63. The molecule has 0 bridgehead atoms. The molecule has 0 saturated carbocycles. The Kier molecular flexibility index (Phi) is 2.96. The number of benzene rings is 1. The fraction of sp³-hybridized carbons (Fsp3) is 0. The average Bonchev–Trinajstić information content (AvgIpc) is 2.79. The average molecular weight is 285 g/mol. The van der Waals surface area contributed by atoms with Crippen molar-refractivity contribution in [1.29, 1.82) is 0 Å². The van der Waals surface area contributed by atoms with E-state index in [0.29, 0.717) is 16.0 Å². The summed E-state index contributed by atoms with van der Waals surface area (Å²) in [7, 11) is 0. The Balaban J connectivity index is 1.92. The topological polar surface area (TPSA) is 107 Å². The number of aromatic nitrogens is 2. The summed E-state index contributed by atoms with van der Waals surface area (Å²) in [5.41, 5.74) is 10.9. The van der Waals surface area contributed by atoms with Crippen LogP contribution in [0.1, 0.15) is 10.5 Å². The van der Waals surface area contributed by atoms with Gasteiger partial charge in [0.1, 0.15) is 10.8 Å². The van der Waals surface area contributed by atoms with E-state index >= 15 is 0 Å². The van der Waals surface area contributed by atoms with Crippen LogP contribution in [0.25, 0.3) is 10.8 Å². The summed E-state index contributed by atoms with van der Waals surface area (Å²) in [4.78, 5) is 19.4. The molecule has 7 heteroatoms. The van der Waals surface area contributed by atoms with Crippen molar-refractivity contribution < 1.29 is 4.79 Å². The first kappa shape index (κ1) is 12.4. The van der Waals surface area contributed by atoms with E-state index < -0.39 is 5.91 Å². The number of hydrogen-bond acceptors (Lipinski definition) is 6. The maximum Gasteiger partial charge on any atom is 0.270 e. The zero-order valence-corrected chi connectivity index (χ0v) is 11.1. The van der Waals surface area contributed by atoms with Crippen molar-refractivity contribution in [2.75, 3.05) is 11.1 Å². The Bertz CT molecular complexity index is 798. The number of primary amides is 1. The quantitative estimate of drug-likeness (QED) is 0.683. The smallest absolute Gasteiger partial charge is 0.270 e. The van der Waals surface area contributed by atoms with E-state index in [1.807, 2.05) is 30.3 Å². The molecule has 0 unspecified atom stereocenters. The van der Waals surface area contributed by atoms with Gasteiger partial charge in [-0.2, -0.15) is 0 Å². The minimum Gasteiger partial charge on any atom is -0.389 e. The highest BCUT2D eigenvalue weighted by atomic mass is 32.1. The van der Waals surface area contributed by atoms with Crippen molar-refractivity contribution in [2.24, 2.45) is 5.73 Å². The number of nitrogens with one attached hydrogen (secondary N) is 1. The lowest BCUT2D eigenvalue weighted by atomic mass is 10.2. The number of nitrogen functional groups attached to an aromatic ring is 1. The number of rotatable bonds is 3. The molecule has 6 nitrogen and oxygen atoms in total. The molecule has 0 radical (unpaired) electrons. The Morgan fingerprint density at radius 3 is 2.70 bits per heavy atom. The highest BCUT2D eigenvalue weighted by Crippen LogP contribution is 2.28. The van der Waals surface area contributed by atoms with Crippen molar-refractivity contribution >= 4 is 44.0 Å². The molecule has 100 valence electrons. The highest BCUT2D eigenvalue weighted by Gasteiger charge is 2.13. The Hall–Kier alpha value is -2.67. The van der Waals surface area contributed by atoms with Crippen LogP contribution in [-0.2, 0) is 0 Å². The summed E-state index contributed by atoms with van der Waals surface area (Å²) in [6.45, 7) is 0. The van der Waals surface area contributed by atoms with Crippen LogP contribution in [0.2, 0.25) is 0 Å². The van der Waals surface area contributed by atoms with E-state index in [1.54, 1.807) is 6.20 Å². The molecule has 5 N–H and O–H groups in total. The normalized spacial score (nSPS) is 10.6. The van der Waals surface area contributed by atoms with Gasteiger partial charge < -0.3 is 16.8 Å². The van der Waals surface area contributed by atoms with Crippen molar-refractivity contribution in [3.05, 3.63) is 42.2 Å². The second kappa shape index (κ2) is 4.78.